The summed E-state index contributed by atoms with van der Waals surface area (Å²) < 4.78 is 1.59. The third kappa shape index (κ3) is 2.30. The highest BCUT2D eigenvalue weighted by Crippen LogP contribution is 2.09. The molecule has 0 spiro atoms. The summed E-state index contributed by atoms with van der Waals surface area (Å²) in [6, 6.07) is 12.9. The number of rotatable bonds is 3. The summed E-state index contributed by atoms with van der Waals surface area (Å²) in [7, 11) is 0. The number of pyridine rings is 1. The van der Waals surface area contributed by atoms with Crippen molar-refractivity contribution >= 4 is 11.6 Å². The van der Waals surface area contributed by atoms with Crippen LogP contribution in [0.2, 0.25) is 0 Å². The summed E-state index contributed by atoms with van der Waals surface area (Å²) in [6.45, 7) is 0. The van der Waals surface area contributed by atoms with Crippen molar-refractivity contribution in [3.8, 4) is 0 Å². The number of carboxylic acids is 1. The summed E-state index contributed by atoms with van der Waals surface area (Å²) in [4.78, 5) is 15.2. The number of hydrogen-bond acceptors (Lipinski definition) is 3. The lowest BCUT2D eigenvalue weighted by molar-refractivity contribution is 0.0697. The zero-order valence-corrected chi connectivity index (χ0v) is 10.0. The predicted octanol–water partition coefficient (Wildman–Crippen LogP) is 2.02. The maximum absolute atomic E-state index is 10.9. The van der Waals surface area contributed by atoms with Gasteiger partial charge in [-0.25, -0.2) is 14.3 Å². The highest BCUT2D eigenvalue weighted by atomic mass is 16.4. The van der Waals surface area contributed by atoms with E-state index >= 15 is 0 Å². The first-order valence-corrected chi connectivity index (χ1v) is 5.85. The molecular weight excluding hydrogens is 242 g/mol. The van der Waals surface area contributed by atoms with Crippen molar-refractivity contribution in [2.45, 2.75) is 6.42 Å². The van der Waals surface area contributed by atoms with E-state index < -0.39 is 5.97 Å². The first kappa shape index (κ1) is 11.4. The summed E-state index contributed by atoms with van der Waals surface area (Å²) in [5.74, 6) is -0.288. The van der Waals surface area contributed by atoms with Crippen molar-refractivity contribution in [3.05, 3.63) is 65.6 Å². The summed E-state index contributed by atoms with van der Waals surface area (Å²) >= 11 is 0. The zero-order chi connectivity index (χ0) is 13.2. The average Bonchev–Trinajstić information content (AvgIpc) is 2.80. The number of aromatic carboxylic acids is 1. The van der Waals surface area contributed by atoms with E-state index in [1.54, 1.807) is 10.7 Å². The second-order valence-electron chi connectivity index (χ2n) is 4.21. The molecule has 0 saturated carbocycles. The van der Waals surface area contributed by atoms with Gasteiger partial charge in [-0.3, -0.25) is 0 Å². The van der Waals surface area contributed by atoms with Gasteiger partial charge < -0.3 is 5.11 Å². The SMILES string of the molecule is O=C(O)c1ccn2nc(Cc3ccccc3)nc2c1. The van der Waals surface area contributed by atoms with E-state index in [1.807, 2.05) is 30.3 Å². The smallest absolute Gasteiger partial charge is 0.335 e. The molecule has 94 valence electrons. The maximum Gasteiger partial charge on any atom is 0.335 e. The van der Waals surface area contributed by atoms with Gasteiger partial charge in [0.1, 0.15) is 0 Å². The Bertz CT molecular complexity index is 735. The number of nitrogens with zero attached hydrogens (tertiary/aromatic N) is 3. The second kappa shape index (κ2) is 4.53. The molecule has 0 fully saturated rings. The zero-order valence-electron chi connectivity index (χ0n) is 10.0. The Morgan fingerprint density at radius 1 is 1.21 bits per heavy atom. The number of benzene rings is 1. The lowest BCUT2D eigenvalue weighted by Crippen LogP contribution is -1.97. The number of hydrogen-bond donors (Lipinski definition) is 1. The van der Waals surface area contributed by atoms with Crippen LogP contribution in [-0.2, 0) is 6.42 Å². The lowest BCUT2D eigenvalue weighted by Gasteiger charge is -1.94. The number of fused-ring (bicyclic) bond motifs is 1. The molecule has 3 aromatic rings. The van der Waals surface area contributed by atoms with E-state index in [-0.39, 0.29) is 5.56 Å². The topological polar surface area (TPSA) is 67.5 Å². The van der Waals surface area contributed by atoms with Crippen molar-refractivity contribution in [2.24, 2.45) is 0 Å². The standard InChI is InChI=1S/C14H11N3O2/c18-14(19)11-6-7-17-13(9-11)15-12(16-17)8-10-4-2-1-3-5-10/h1-7,9H,8H2,(H,18,19). The van der Waals surface area contributed by atoms with Gasteiger partial charge in [-0.05, 0) is 17.7 Å². The molecular formula is C14H11N3O2. The van der Waals surface area contributed by atoms with Gasteiger partial charge in [-0.1, -0.05) is 30.3 Å². The van der Waals surface area contributed by atoms with Gasteiger partial charge in [0.05, 0.1) is 5.56 Å². The van der Waals surface area contributed by atoms with Crippen LogP contribution in [0.1, 0.15) is 21.7 Å². The molecule has 0 unspecified atom stereocenters. The number of carbonyl (C=O) groups is 1. The molecule has 0 aliphatic heterocycles. The van der Waals surface area contributed by atoms with Crippen molar-refractivity contribution in [1.29, 1.82) is 0 Å². The first-order valence-electron chi connectivity index (χ1n) is 5.85. The Balaban J connectivity index is 1.95. The van der Waals surface area contributed by atoms with Crippen LogP contribution < -0.4 is 0 Å². The van der Waals surface area contributed by atoms with Crippen LogP contribution in [0.5, 0.6) is 0 Å². The Kier molecular flexibility index (Phi) is 2.72. The average molecular weight is 253 g/mol. The molecule has 1 aromatic carbocycles. The summed E-state index contributed by atoms with van der Waals surface area (Å²) in [6.07, 6.45) is 2.24. The monoisotopic (exact) mass is 253 g/mol. The van der Waals surface area contributed by atoms with Crippen molar-refractivity contribution in [3.63, 3.8) is 0 Å². The molecule has 5 nitrogen and oxygen atoms in total. The van der Waals surface area contributed by atoms with Gasteiger partial charge in [0.25, 0.3) is 0 Å². The third-order valence-corrected chi connectivity index (χ3v) is 2.83. The molecule has 0 aliphatic carbocycles. The van der Waals surface area contributed by atoms with Crippen molar-refractivity contribution in [1.82, 2.24) is 14.6 Å². The van der Waals surface area contributed by atoms with E-state index in [0.29, 0.717) is 17.9 Å². The number of aromatic nitrogens is 3. The minimum Gasteiger partial charge on any atom is -0.478 e. The quantitative estimate of drug-likeness (QED) is 0.775. The molecule has 3 rings (SSSR count). The molecule has 5 heteroatoms. The van der Waals surface area contributed by atoms with Gasteiger partial charge in [0.2, 0.25) is 0 Å². The Morgan fingerprint density at radius 2 is 2.00 bits per heavy atom. The highest BCUT2D eigenvalue weighted by molar-refractivity contribution is 5.88. The van der Waals surface area contributed by atoms with E-state index in [4.69, 9.17) is 5.11 Å². The molecule has 19 heavy (non-hydrogen) atoms. The fraction of sp³-hybridized carbons (Fsp3) is 0.0714. The Labute approximate surface area is 109 Å². The Hall–Kier alpha value is -2.69. The minimum atomic E-state index is -0.963. The van der Waals surface area contributed by atoms with Crippen LogP contribution in [0, 0.1) is 0 Å². The van der Waals surface area contributed by atoms with Gasteiger partial charge in [-0.2, -0.15) is 5.10 Å². The van der Waals surface area contributed by atoms with Crippen molar-refractivity contribution in [2.75, 3.05) is 0 Å². The number of carboxylic acid groups (broad SMARTS) is 1. The van der Waals surface area contributed by atoms with Crippen LogP contribution in [0.4, 0.5) is 0 Å². The molecule has 0 aliphatic rings. The molecule has 2 heterocycles. The molecule has 0 amide bonds. The van der Waals surface area contributed by atoms with Crippen LogP contribution in [-0.4, -0.2) is 25.7 Å². The van der Waals surface area contributed by atoms with Gasteiger partial charge in [0, 0.05) is 12.6 Å². The van der Waals surface area contributed by atoms with Crippen LogP contribution in [0.3, 0.4) is 0 Å². The summed E-state index contributed by atoms with van der Waals surface area (Å²) in [5.41, 5.74) is 1.88. The highest BCUT2D eigenvalue weighted by Gasteiger charge is 2.08. The Morgan fingerprint density at radius 3 is 2.74 bits per heavy atom. The molecule has 0 bridgehead atoms. The van der Waals surface area contributed by atoms with Crippen LogP contribution in [0.15, 0.2) is 48.7 Å². The largest absolute Gasteiger partial charge is 0.478 e. The molecule has 2 aromatic heterocycles. The molecule has 0 saturated heterocycles. The normalized spacial score (nSPS) is 10.7. The van der Waals surface area contributed by atoms with E-state index in [1.165, 1.54) is 12.1 Å². The molecule has 0 atom stereocenters. The lowest BCUT2D eigenvalue weighted by atomic mass is 10.1. The first-order chi connectivity index (χ1) is 9.22. The summed E-state index contributed by atoms with van der Waals surface area (Å²) in [5, 5.41) is 13.2. The minimum absolute atomic E-state index is 0.214. The fourth-order valence-corrected chi connectivity index (χ4v) is 1.91. The van der Waals surface area contributed by atoms with E-state index in [0.717, 1.165) is 5.56 Å². The van der Waals surface area contributed by atoms with Gasteiger partial charge in [0.15, 0.2) is 11.5 Å². The van der Waals surface area contributed by atoms with Crippen LogP contribution in [0.25, 0.3) is 5.65 Å². The molecule has 1 N–H and O–H groups in total. The van der Waals surface area contributed by atoms with E-state index in [9.17, 15) is 4.79 Å². The second-order valence-corrected chi connectivity index (χ2v) is 4.21. The maximum atomic E-state index is 10.9. The van der Waals surface area contributed by atoms with Gasteiger partial charge in [-0.15, -0.1) is 0 Å². The van der Waals surface area contributed by atoms with E-state index in [2.05, 4.69) is 10.1 Å². The predicted molar refractivity (Wildman–Crippen MR) is 69.2 cm³/mol. The third-order valence-electron chi connectivity index (χ3n) is 2.83. The molecule has 0 radical (unpaired) electrons. The van der Waals surface area contributed by atoms with Crippen LogP contribution >= 0.6 is 0 Å². The van der Waals surface area contributed by atoms with Crippen molar-refractivity contribution < 1.29 is 9.90 Å². The van der Waals surface area contributed by atoms with Gasteiger partial charge >= 0.3 is 5.97 Å². The fourth-order valence-electron chi connectivity index (χ4n) is 1.91.